The van der Waals surface area contributed by atoms with E-state index in [1.807, 2.05) is 16.8 Å². The third kappa shape index (κ3) is 2.48. The summed E-state index contributed by atoms with van der Waals surface area (Å²) in [6.07, 6.45) is 3.98. The fraction of sp³-hybridized carbons (Fsp3) is 0.263. The lowest BCUT2D eigenvalue weighted by Crippen LogP contribution is -2.55. The lowest BCUT2D eigenvalue weighted by Gasteiger charge is -2.28. The quantitative estimate of drug-likeness (QED) is 0.747. The van der Waals surface area contributed by atoms with Crippen molar-refractivity contribution in [1.82, 2.24) is 24.8 Å². The zero-order valence-corrected chi connectivity index (χ0v) is 14.3. The summed E-state index contributed by atoms with van der Waals surface area (Å²) in [7, 11) is 0. The highest BCUT2D eigenvalue weighted by atomic mass is 19.1. The molecule has 2 aromatic heterocycles. The predicted octanol–water partition coefficient (Wildman–Crippen LogP) is 1.51. The minimum absolute atomic E-state index is 0.0460. The number of aromatic nitrogens is 3. The van der Waals surface area contributed by atoms with E-state index in [9.17, 15) is 14.0 Å². The lowest BCUT2D eigenvalue weighted by atomic mass is 10.1. The zero-order chi connectivity index (χ0) is 18.5. The third-order valence-corrected chi connectivity index (χ3v) is 5.28. The smallest absolute Gasteiger partial charge is 0.243 e. The van der Waals surface area contributed by atoms with Gasteiger partial charge in [0.25, 0.3) is 0 Å². The van der Waals surface area contributed by atoms with Gasteiger partial charge in [-0.15, -0.1) is 0 Å². The highest BCUT2D eigenvalue weighted by molar-refractivity contribution is 5.95. The molecule has 2 fully saturated rings. The van der Waals surface area contributed by atoms with Crippen LogP contribution in [0.15, 0.2) is 42.7 Å². The van der Waals surface area contributed by atoms with Crippen molar-refractivity contribution in [2.45, 2.75) is 18.5 Å². The summed E-state index contributed by atoms with van der Waals surface area (Å²) in [5.41, 5.74) is 0.848. The molecule has 1 N–H and O–H groups in total. The van der Waals surface area contributed by atoms with Crippen LogP contribution in [0.1, 0.15) is 12.5 Å². The number of halogens is 1. The van der Waals surface area contributed by atoms with Crippen molar-refractivity contribution in [3.05, 3.63) is 48.5 Å². The van der Waals surface area contributed by atoms with Crippen LogP contribution in [0, 0.1) is 5.82 Å². The second kappa shape index (κ2) is 5.87. The molecule has 7 nitrogen and oxygen atoms in total. The van der Waals surface area contributed by atoms with E-state index >= 15 is 0 Å². The minimum atomic E-state index is -0.450. The Bertz CT molecular complexity index is 1050. The van der Waals surface area contributed by atoms with Gasteiger partial charge in [0.2, 0.25) is 11.8 Å². The van der Waals surface area contributed by atoms with E-state index in [0.717, 1.165) is 5.39 Å². The third-order valence-electron chi connectivity index (χ3n) is 5.28. The summed E-state index contributed by atoms with van der Waals surface area (Å²) >= 11 is 0. The van der Waals surface area contributed by atoms with E-state index in [0.29, 0.717) is 30.0 Å². The van der Waals surface area contributed by atoms with E-state index in [-0.39, 0.29) is 30.2 Å². The molecule has 0 unspecified atom stereocenters. The van der Waals surface area contributed by atoms with Gasteiger partial charge in [-0.05, 0) is 18.6 Å². The van der Waals surface area contributed by atoms with Gasteiger partial charge in [0.15, 0.2) is 5.82 Å². The fourth-order valence-electron chi connectivity index (χ4n) is 3.96. The number of piperazine rings is 1. The number of fused-ring (bicyclic) bond motifs is 2. The van der Waals surface area contributed by atoms with Crippen molar-refractivity contribution in [2.75, 3.05) is 13.1 Å². The van der Waals surface area contributed by atoms with Crippen molar-refractivity contribution < 1.29 is 14.0 Å². The number of amides is 2. The van der Waals surface area contributed by atoms with E-state index in [1.54, 1.807) is 29.3 Å². The first-order valence-electron chi connectivity index (χ1n) is 8.77. The summed E-state index contributed by atoms with van der Waals surface area (Å²) < 4.78 is 16.0. The average Bonchev–Trinajstić information content (AvgIpc) is 3.32. The van der Waals surface area contributed by atoms with Crippen LogP contribution < -0.4 is 5.32 Å². The van der Waals surface area contributed by atoms with Gasteiger partial charge in [0, 0.05) is 24.3 Å². The van der Waals surface area contributed by atoms with E-state index in [4.69, 9.17) is 0 Å². The summed E-state index contributed by atoms with van der Waals surface area (Å²) in [6, 6.07) is 7.92. The monoisotopic (exact) mass is 365 g/mol. The van der Waals surface area contributed by atoms with Gasteiger partial charge < -0.3 is 14.8 Å². The number of nitrogens with one attached hydrogen (secondary N) is 1. The Hall–Kier alpha value is -3.29. The molecular weight excluding hydrogens is 349 g/mol. The minimum Gasteiger partial charge on any atom is -0.345 e. The molecule has 2 atom stereocenters. The Morgan fingerprint density at radius 2 is 2.07 bits per heavy atom. The first-order chi connectivity index (χ1) is 13.1. The number of hydrogen-bond donors (Lipinski definition) is 1. The van der Waals surface area contributed by atoms with Crippen molar-refractivity contribution >= 4 is 22.7 Å². The molecular formula is C19H16FN5O2. The second-order valence-electron chi connectivity index (χ2n) is 6.84. The number of pyridine rings is 1. The maximum absolute atomic E-state index is 14.1. The number of nitrogens with zero attached hydrogens (tertiary/aromatic N) is 4. The maximum atomic E-state index is 14.1. The Morgan fingerprint density at radius 1 is 1.19 bits per heavy atom. The van der Waals surface area contributed by atoms with Crippen LogP contribution in [0.2, 0.25) is 0 Å². The molecule has 0 aliphatic carbocycles. The molecule has 2 saturated heterocycles. The van der Waals surface area contributed by atoms with Gasteiger partial charge in [0.1, 0.15) is 23.1 Å². The topological polar surface area (TPSA) is 80.1 Å². The fourth-order valence-corrected chi connectivity index (χ4v) is 3.96. The number of benzene rings is 1. The van der Waals surface area contributed by atoms with Crippen molar-refractivity contribution in [2.24, 2.45) is 0 Å². The highest BCUT2D eigenvalue weighted by Gasteiger charge is 2.43. The Balaban J connectivity index is 1.53. The van der Waals surface area contributed by atoms with E-state index in [2.05, 4.69) is 15.3 Å². The molecule has 4 heterocycles. The number of carbonyl (C=O) groups excluding carboxylic acids is 2. The normalized spacial score (nSPS) is 22.2. The number of para-hydroxylation sites is 1. The molecule has 3 aromatic rings. The summed E-state index contributed by atoms with van der Waals surface area (Å²) in [5.74, 6) is 0.0184. The number of rotatable bonds is 2. The molecule has 2 aliphatic heterocycles. The van der Waals surface area contributed by atoms with Gasteiger partial charge in [0.05, 0.1) is 12.6 Å². The first-order valence-corrected chi connectivity index (χ1v) is 8.77. The molecule has 0 spiro atoms. The summed E-state index contributed by atoms with van der Waals surface area (Å²) in [5, 5.41) is 3.35. The Morgan fingerprint density at radius 3 is 2.93 bits per heavy atom. The molecule has 2 aliphatic rings. The number of carbonyl (C=O) groups is 2. The van der Waals surface area contributed by atoms with E-state index < -0.39 is 6.04 Å². The van der Waals surface area contributed by atoms with Gasteiger partial charge in [-0.2, -0.15) is 0 Å². The second-order valence-corrected chi connectivity index (χ2v) is 6.84. The van der Waals surface area contributed by atoms with Crippen LogP contribution in [0.25, 0.3) is 22.4 Å². The summed E-state index contributed by atoms with van der Waals surface area (Å²) in [4.78, 5) is 34.7. The van der Waals surface area contributed by atoms with Gasteiger partial charge >= 0.3 is 0 Å². The Labute approximate surface area is 153 Å². The van der Waals surface area contributed by atoms with Crippen LogP contribution >= 0.6 is 0 Å². The van der Waals surface area contributed by atoms with Crippen LogP contribution in [0.3, 0.4) is 0 Å². The van der Waals surface area contributed by atoms with Crippen molar-refractivity contribution in [3.63, 3.8) is 0 Å². The van der Waals surface area contributed by atoms with Crippen LogP contribution in [0.5, 0.6) is 0 Å². The van der Waals surface area contributed by atoms with Gasteiger partial charge in [-0.1, -0.05) is 18.2 Å². The molecule has 136 valence electrons. The van der Waals surface area contributed by atoms with Gasteiger partial charge in [-0.25, -0.2) is 14.4 Å². The standard InChI is InChI=1S/C19H16FN5O2/c20-13-3-1-2-11-4-5-14(23-17(11)13)18-21-6-7-24(18)12-8-15-19(27)22-9-16(26)25(15)10-12/h1-7,12,15H,8-10H2,(H,22,27)/t12-,15+/m1/s1. The molecule has 0 radical (unpaired) electrons. The number of imidazole rings is 1. The highest BCUT2D eigenvalue weighted by Crippen LogP contribution is 2.32. The van der Waals surface area contributed by atoms with Crippen molar-refractivity contribution in [1.29, 1.82) is 0 Å². The molecule has 2 amide bonds. The zero-order valence-electron chi connectivity index (χ0n) is 14.3. The first kappa shape index (κ1) is 15.9. The molecule has 8 heteroatoms. The van der Waals surface area contributed by atoms with Crippen LogP contribution in [-0.2, 0) is 9.59 Å². The van der Waals surface area contributed by atoms with Crippen LogP contribution in [0.4, 0.5) is 4.39 Å². The molecule has 1 aromatic carbocycles. The largest absolute Gasteiger partial charge is 0.345 e. The molecule has 0 bridgehead atoms. The van der Waals surface area contributed by atoms with E-state index in [1.165, 1.54) is 6.07 Å². The molecule has 5 rings (SSSR count). The van der Waals surface area contributed by atoms with Crippen molar-refractivity contribution in [3.8, 4) is 11.5 Å². The molecule has 0 saturated carbocycles. The maximum Gasteiger partial charge on any atom is 0.243 e. The molecule has 27 heavy (non-hydrogen) atoms. The average molecular weight is 365 g/mol. The lowest BCUT2D eigenvalue weighted by molar-refractivity contribution is -0.143. The Kier molecular flexibility index (Phi) is 3.46. The SMILES string of the molecule is O=C1NCC(=O)N2C[C@H](n3ccnc3-c3ccc4cccc(F)c4n3)C[C@@H]12. The number of hydrogen-bond acceptors (Lipinski definition) is 4. The van der Waals surface area contributed by atoms with Gasteiger partial charge in [-0.3, -0.25) is 9.59 Å². The van der Waals surface area contributed by atoms with Crippen LogP contribution in [-0.4, -0.2) is 50.4 Å². The summed E-state index contributed by atoms with van der Waals surface area (Å²) in [6.45, 7) is 0.493. The predicted molar refractivity (Wildman–Crippen MR) is 95.1 cm³/mol.